The number of hydrogen-bond donors (Lipinski definition) is 0. The van der Waals surface area contributed by atoms with Crippen molar-refractivity contribution < 1.29 is 0 Å². The largest absolute Gasteiger partial charge is 0.308 e. The Hall–Kier alpha value is -10.9. The highest BCUT2D eigenvalue weighted by Gasteiger charge is 2.21. The van der Waals surface area contributed by atoms with E-state index in [1.807, 2.05) is 18.2 Å². The number of para-hydroxylation sites is 1. The number of benzene rings is 13. The van der Waals surface area contributed by atoms with E-state index in [1.165, 1.54) is 66.8 Å². The van der Waals surface area contributed by atoms with Gasteiger partial charge in [0.25, 0.3) is 0 Å². The summed E-state index contributed by atoms with van der Waals surface area (Å²) in [6.07, 6.45) is 0. The monoisotopic (exact) mass is 1030 g/mol. The van der Waals surface area contributed by atoms with Crippen molar-refractivity contribution in [1.29, 1.82) is 5.26 Å². The first-order valence-electron chi connectivity index (χ1n) is 27.6. The van der Waals surface area contributed by atoms with Crippen LogP contribution in [0.1, 0.15) is 5.56 Å². The Morgan fingerprint density at radius 2 is 0.469 bits per heavy atom. The average molecular weight is 1030 g/mol. The standard InChI is InChI=1S/C79H52N2/c80-53-60-31-13-22-40-77(60)81-78-43-41-58(61-45-63(71-36-18-14-32-67(71)54-23-5-1-6-24-54)49-64(46-61)72-37-19-15-33-68(72)55-25-7-2-8-26-55)51-75(78)76-52-59(42-44-79(76)81)62-47-65(73-38-20-16-34-69(73)56-27-9-3-10-28-56)50-66(48-62)74-39-21-17-35-70(74)57-29-11-4-12-30-57/h1-52H. The third-order valence-corrected chi connectivity index (χ3v) is 15.9. The molecule has 14 aromatic rings. The van der Waals surface area contributed by atoms with Gasteiger partial charge in [0.05, 0.1) is 22.3 Å². The van der Waals surface area contributed by atoms with Gasteiger partial charge >= 0.3 is 0 Å². The first-order valence-corrected chi connectivity index (χ1v) is 27.6. The second-order valence-electron chi connectivity index (χ2n) is 20.7. The van der Waals surface area contributed by atoms with E-state index in [2.05, 4.69) is 308 Å². The molecule has 1 aromatic heterocycles. The molecule has 0 spiro atoms. The van der Waals surface area contributed by atoms with E-state index >= 15 is 0 Å². The minimum absolute atomic E-state index is 0.613. The Bertz CT molecular complexity index is 4210. The second kappa shape index (κ2) is 21.2. The van der Waals surface area contributed by atoms with Crippen LogP contribution in [0.5, 0.6) is 0 Å². The topological polar surface area (TPSA) is 28.7 Å². The molecule has 0 aliphatic rings. The molecule has 0 amide bonds. The van der Waals surface area contributed by atoms with E-state index in [-0.39, 0.29) is 0 Å². The smallest absolute Gasteiger partial charge is 0.101 e. The molecule has 0 N–H and O–H groups in total. The molecule has 0 saturated heterocycles. The van der Waals surface area contributed by atoms with Crippen molar-refractivity contribution in [3.8, 4) is 123 Å². The van der Waals surface area contributed by atoms with Crippen molar-refractivity contribution in [2.45, 2.75) is 0 Å². The maximum Gasteiger partial charge on any atom is 0.101 e. The summed E-state index contributed by atoms with van der Waals surface area (Å²) in [5, 5.41) is 12.8. The average Bonchev–Trinajstić information content (AvgIpc) is 3.89. The number of nitrogens with zero attached hydrogens (tertiary/aromatic N) is 2. The lowest BCUT2D eigenvalue weighted by atomic mass is 9.87. The summed E-state index contributed by atoms with van der Waals surface area (Å²) in [5.74, 6) is 0. The molecule has 2 heteroatoms. The van der Waals surface area contributed by atoms with Gasteiger partial charge in [0, 0.05) is 10.8 Å². The molecule has 0 aliphatic heterocycles. The molecule has 1 heterocycles. The Morgan fingerprint density at radius 3 is 0.778 bits per heavy atom. The Balaban J connectivity index is 1.01. The van der Waals surface area contributed by atoms with Gasteiger partial charge in [-0.3, -0.25) is 0 Å². The maximum atomic E-state index is 10.6. The van der Waals surface area contributed by atoms with Gasteiger partial charge in [0.2, 0.25) is 0 Å². The number of rotatable bonds is 11. The van der Waals surface area contributed by atoms with Crippen molar-refractivity contribution in [1.82, 2.24) is 4.57 Å². The lowest BCUT2D eigenvalue weighted by Crippen LogP contribution is -1.97. The van der Waals surface area contributed by atoms with E-state index in [0.29, 0.717) is 5.56 Å². The highest BCUT2D eigenvalue weighted by atomic mass is 15.0. The molecule has 0 radical (unpaired) electrons. The predicted molar refractivity (Wildman–Crippen MR) is 340 cm³/mol. The maximum absolute atomic E-state index is 10.6. The number of fused-ring (bicyclic) bond motifs is 3. The minimum atomic E-state index is 0.613. The van der Waals surface area contributed by atoms with Crippen molar-refractivity contribution in [2.75, 3.05) is 0 Å². The van der Waals surface area contributed by atoms with Crippen LogP contribution >= 0.6 is 0 Å². The summed E-state index contributed by atoms with van der Waals surface area (Å²) < 4.78 is 2.28. The van der Waals surface area contributed by atoms with Crippen LogP contribution in [0.2, 0.25) is 0 Å². The summed E-state index contributed by atoms with van der Waals surface area (Å²) in [4.78, 5) is 0. The highest BCUT2D eigenvalue weighted by Crippen LogP contribution is 2.45. The SMILES string of the molecule is N#Cc1ccccc1-n1c2ccc(-c3cc(-c4ccccc4-c4ccccc4)cc(-c4ccccc4-c4ccccc4)c3)cc2c2cc(-c3cc(-c4ccccc4-c4ccccc4)cc(-c4ccccc4-c4ccccc4)c3)ccc21. The Labute approximate surface area is 473 Å². The van der Waals surface area contributed by atoms with Gasteiger partial charge in [-0.15, -0.1) is 0 Å². The van der Waals surface area contributed by atoms with Gasteiger partial charge in [-0.2, -0.15) is 5.26 Å². The molecular formula is C79H52N2. The van der Waals surface area contributed by atoms with Gasteiger partial charge < -0.3 is 4.57 Å². The van der Waals surface area contributed by atoms with Crippen LogP contribution < -0.4 is 0 Å². The summed E-state index contributed by atoms with van der Waals surface area (Å²) in [6, 6.07) is 116. The quantitative estimate of drug-likeness (QED) is 0.127. The summed E-state index contributed by atoms with van der Waals surface area (Å²) in [7, 11) is 0. The molecule has 0 bridgehead atoms. The van der Waals surface area contributed by atoms with Crippen LogP contribution in [0, 0.1) is 11.3 Å². The van der Waals surface area contributed by atoms with Crippen molar-refractivity contribution in [3.63, 3.8) is 0 Å². The van der Waals surface area contributed by atoms with Crippen LogP contribution in [0.25, 0.3) is 139 Å². The Morgan fingerprint density at radius 1 is 0.210 bits per heavy atom. The van der Waals surface area contributed by atoms with Gasteiger partial charge in [-0.25, -0.2) is 0 Å². The molecule has 0 aliphatic carbocycles. The molecule has 0 saturated carbocycles. The highest BCUT2D eigenvalue weighted by molar-refractivity contribution is 6.12. The zero-order valence-corrected chi connectivity index (χ0v) is 44.4. The third-order valence-electron chi connectivity index (χ3n) is 15.9. The van der Waals surface area contributed by atoms with Crippen LogP contribution in [0.15, 0.2) is 315 Å². The zero-order valence-electron chi connectivity index (χ0n) is 44.4. The number of aromatic nitrogens is 1. The number of nitriles is 1. The van der Waals surface area contributed by atoms with E-state index in [9.17, 15) is 5.26 Å². The van der Waals surface area contributed by atoms with E-state index in [1.54, 1.807) is 0 Å². The fourth-order valence-electron chi connectivity index (χ4n) is 12.0. The van der Waals surface area contributed by atoms with E-state index < -0.39 is 0 Å². The van der Waals surface area contributed by atoms with Gasteiger partial charge in [-0.1, -0.05) is 243 Å². The van der Waals surface area contributed by atoms with E-state index in [0.717, 1.165) is 72.0 Å². The fourth-order valence-corrected chi connectivity index (χ4v) is 12.0. The van der Waals surface area contributed by atoms with Crippen molar-refractivity contribution in [3.05, 3.63) is 321 Å². The Kier molecular flexibility index (Phi) is 12.7. The van der Waals surface area contributed by atoms with Gasteiger partial charge in [-0.05, 0) is 184 Å². The van der Waals surface area contributed by atoms with Crippen LogP contribution in [0.4, 0.5) is 0 Å². The normalized spacial score (nSPS) is 11.2. The van der Waals surface area contributed by atoms with Crippen molar-refractivity contribution >= 4 is 21.8 Å². The lowest BCUT2D eigenvalue weighted by molar-refractivity contribution is 1.17. The van der Waals surface area contributed by atoms with Gasteiger partial charge in [0.1, 0.15) is 6.07 Å². The predicted octanol–water partition coefficient (Wildman–Crippen LogP) is 21.3. The summed E-state index contributed by atoms with van der Waals surface area (Å²) >= 11 is 0. The second-order valence-corrected chi connectivity index (χ2v) is 20.7. The molecule has 0 atom stereocenters. The molecule has 378 valence electrons. The van der Waals surface area contributed by atoms with Crippen molar-refractivity contribution in [2.24, 2.45) is 0 Å². The van der Waals surface area contributed by atoms with E-state index in [4.69, 9.17) is 0 Å². The zero-order chi connectivity index (χ0) is 54.1. The molecule has 81 heavy (non-hydrogen) atoms. The molecule has 0 unspecified atom stereocenters. The summed E-state index contributed by atoms with van der Waals surface area (Å²) in [5.41, 5.74) is 26.5. The molecular weight excluding hydrogens is 977 g/mol. The van der Waals surface area contributed by atoms with Crippen LogP contribution in [-0.2, 0) is 0 Å². The molecule has 14 rings (SSSR count). The first kappa shape index (κ1) is 48.5. The lowest BCUT2D eigenvalue weighted by Gasteiger charge is -2.17. The third kappa shape index (κ3) is 9.19. The van der Waals surface area contributed by atoms with Gasteiger partial charge in [0.15, 0.2) is 0 Å². The molecule has 13 aromatic carbocycles. The minimum Gasteiger partial charge on any atom is -0.308 e. The molecule has 0 fully saturated rings. The van der Waals surface area contributed by atoms with Crippen LogP contribution in [0.3, 0.4) is 0 Å². The van der Waals surface area contributed by atoms with Crippen LogP contribution in [-0.4, -0.2) is 4.57 Å². The molecule has 2 nitrogen and oxygen atoms in total. The summed E-state index contributed by atoms with van der Waals surface area (Å²) in [6.45, 7) is 0. The fraction of sp³-hybridized carbons (Fsp3) is 0. The number of hydrogen-bond acceptors (Lipinski definition) is 1. The first-order chi connectivity index (χ1) is 40.1.